The van der Waals surface area contributed by atoms with Gasteiger partial charge in [0.1, 0.15) is 24.4 Å². The topological polar surface area (TPSA) is 198 Å². The Hall–Kier alpha value is -2.80. The maximum absolute atomic E-state index is 13.1. The molecule has 17 atom stereocenters. The van der Waals surface area contributed by atoms with Crippen molar-refractivity contribution >= 4 is 11.9 Å². The lowest BCUT2D eigenvalue weighted by molar-refractivity contribution is -0.321. The zero-order valence-electron chi connectivity index (χ0n) is 52.6. The first kappa shape index (κ1) is 68.7. The third kappa shape index (κ3) is 20.1. The van der Waals surface area contributed by atoms with Crippen molar-refractivity contribution in [3.8, 4) is 0 Å². The number of hydrogen-bond acceptors (Lipinski definition) is 15. The normalized spacial score (nSPS) is 34.7. The smallest absolute Gasteiger partial charge is 0.342 e. The molecular formula is C69H112O15. The van der Waals surface area contributed by atoms with Gasteiger partial charge in [-0.3, -0.25) is 4.79 Å². The van der Waals surface area contributed by atoms with Crippen molar-refractivity contribution in [1.29, 1.82) is 0 Å². The predicted octanol–water partition coefficient (Wildman–Crippen LogP) is 13.3. The molecule has 6 saturated heterocycles. The number of rotatable bonds is 32. The Labute approximate surface area is 505 Å². The Morgan fingerprint density at radius 2 is 1.52 bits per heavy atom. The van der Waals surface area contributed by atoms with Crippen molar-refractivity contribution in [2.24, 2.45) is 17.8 Å². The van der Waals surface area contributed by atoms with Crippen LogP contribution in [0, 0.1) is 17.8 Å². The summed E-state index contributed by atoms with van der Waals surface area (Å²) in [5, 5.41) is 46.1. The average molecular weight is 1180 g/mol. The van der Waals surface area contributed by atoms with E-state index in [0.29, 0.717) is 69.5 Å². The van der Waals surface area contributed by atoms with E-state index >= 15 is 0 Å². The minimum absolute atomic E-state index is 0.0415. The van der Waals surface area contributed by atoms with Crippen LogP contribution < -0.4 is 0 Å². The van der Waals surface area contributed by atoms with Gasteiger partial charge in [-0.25, -0.2) is 4.79 Å². The molecule has 0 saturated carbocycles. The molecule has 15 heteroatoms. The minimum Gasteiger partial charge on any atom is -0.466 e. The van der Waals surface area contributed by atoms with Crippen LogP contribution in [-0.2, 0) is 52.2 Å². The van der Waals surface area contributed by atoms with Crippen LogP contribution in [-0.4, -0.2) is 130 Å². The summed E-state index contributed by atoms with van der Waals surface area (Å²) in [7, 11) is 0. The molecule has 0 aromatic heterocycles. The lowest BCUT2D eigenvalue weighted by Gasteiger charge is -2.50. The van der Waals surface area contributed by atoms with E-state index in [-0.39, 0.29) is 42.5 Å². The van der Waals surface area contributed by atoms with Crippen LogP contribution in [0.5, 0.6) is 0 Å². The summed E-state index contributed by atoms with van der Waals surface area (Å²) in [6, 6.07) is 0. The van der Waals surface area contributed by atoms with E-state index in [9.17, 15) is 30.0 Å². The van der Waals surface area contributed by atoms with Gasteiger partial charge in [0.2, 0.25) is 5.79 Å². The highest BCUT2D eigenvalue weighted by Gasteiger charge is 2.55. The number of hydrogen-bond donors (Lipinski definition) is 4. The number of aliphatic hydroxyl groups excluding tert-OH is 3. The predicted molar refractivity (Wildman–Crippen MR) is 324 cm³/mol. The summed E-state index contributed by atoms with van der Waals surface area (Å²) in [6.45, 7) is 17.5. The van der Waals surface area contributed by atoms with Crippen molar-refractivity contribution in [1.82, 2.24) is 0 Å². The van der Waals surface area contributed by atoms with E-state index < -0.39 is 71.7 Å². The third-order valence-electron chi connectivity index (χ3n) is 19.2. The minimum atomic E-state index is -1.86. The van der Waals surface area contributed by atoms with Crippen molar-refractivity contribution in [2.75, 3.05) is 13.2 Å². The number of ether oxygens (including phenoxy) is 9. The molecule has 7 rings (SSSR count). The molecule has 478 valence electrons. The monoisotopic (exact) mass is 1180 g/mol. The molecule has 0 bridgehead atoms. The molecule has 0 radical (unpaired) electrons. The number of aliphatic hydroxyl groups is 4. The number of fused-ring (bicyclic) bond motifs is 1. The molecule has 0 aromatic carbocycles. The van der Waals surface area contributed by atoms with Crippen LogP contribution in [0.15, 0.2) is 60.4 Å². The van der Waals surface area contributed by atoms with E-state index in [1.807, 2.05) is 19.1 Å². The Morgan fingerprint density at radius 3 is 2.25 bits per heavy atom. The SMILES string of the molecule is C=C1C(O)C2OC3(CCC(C=CC(C)C4CC(C)=CC5(OC(CC(C)(O)C(=O)OC=CC=CCCCCCOC(=O)CCCCCCCCCCCCCCC)CCC5O)O4)O3)CCC2OC1C(O)CC(C)C1OC2(CCCCO2)CCC1C. The molecule has 7 aliphatic rings. The maximum Gasteiger partial charge on any atom is 0.342 e. The average Bonchev–Trinajstić information content (AvgIpc) is 1.95. The quantitative estimate of drug-likeness (QED) is 0.0163. The fourth-order valence-electron chi connectivity index (χ4n) is 14.1. The molecule has 0 aliphatic carbocycles. The third-order valence-corrected chi connectivity index (χ3v) is 19.2. The first-order chi connectivity index (χ1) is 40.4. The van der Waals surface area contributed by atoms with Gasteiger partial charge in [-0.2, -0.15) is 0 Å². The molecule has 4 N–H and O–H groups in total. The molecule has 15 nitrogen and oxygen atoms in total. The van der Waals surface area contributed by atoms with Gasteiger partial charge in [-0.05, 0) is 133 Å². The van der Waals surface area contributed by atoms with E-state index in [2.05, 4.69) is 46.4 Å². The van der Waals surface area contributed by atoms with Crippen molar-refractivity contribution in [3.05, 3.63) is 60.4 Å². The van der Waals surface area contributed by atoms with Gasteiger partial charge in [0, 0.05) is 44.4 Å². The number of carbonyl (C=O) groups is 2. The van der Waals surface area contributed by atoms with Crippen LogP contribution in [0.2, 0.25) is 0 Å². The summed E-state index contributed by atoms with van der Waals surface area (Å²) in [5.41, 5.74) is -0.441. The van der Waals surface area contributed by atoms with Gasteiger partial charge in [-0.15, -0.1) is 0 Å². The van der Waals surface area contributed by atoms with Gasteiger partial charge in [0.25, 0.3) is 0 Å². The maximum atomic E-state index is 13.1. The van der Waals surface area contributed by atoms with Gasteiger partial charge < -0.3 is 63.1 Å². The second-order valence-electron chi connectivity index (χ2n) is 26.8. The number of esters is 2. The van der Waals surface area contributed by atoms with E-state index in [4.69, 9.17) is 42.6 Å². The van der Waals surface area contributed by atoms with Crippen LogP contribution >= 0.6 is 0 Å². The summed E-state index contributed by atoms with van der Waals surface area (Å²) < 4.78 is 56.7. The first-order valence-electron chi connectivity index (χ1n) is 33.5. The van der Waals surface area contributed by atoms with Crippen LogP contribution in [0.3, 0.4) is 0 Å². The fraction of sp³-hybridized carbons (Fsp3) is 0.826. The lowest BCUT2D eigenvalue weighted by Crippen LogP contribution is -2.60. The molecule has 0 amide bonds. The fourth-order valence-corrected chi connectivity index (χ4v) is 14.1. The second kappa shape index (κ2) is 33.7. The molecule has 7 aliphatic heterocycles. The van der Waals surface area contributed by atoms with Crippen molar-refractivity contribution in [3.63, 3.8) is 0 Å². The van der Waals surface area contributed by atoms with Crippen molar-refractivity contribution in [2.45, 2.75) is 331 Å². The van der Waals surface area contributed by atoms with Crippen molar-refractivity contribution < 1.29 is 72.6 Å². The Balaban J connectivity index is 0.765. The van der Waals surface area contributed by atoms with Crippen LogP contribution in [0.1, 0.15) is 247 Å². The van der Waals surface area contributed by atoms with Gasteiger partial charge in [0.15, 0.2) is 17.2 Å². The Kier molecular flexibility index (Phi) is 27.5. The zero-order valence-corrected chi connectivity index (χ0v) is 52.6. The van der Waals surface area contributed by atoms with Gasteiger partial charge in [-0.1, -0.05) is 141 Å². The number of allylic oxidation sites excluding steroid dienone is 3. The lowest BCUT2D eigenvalue weighted by atomic mass is 9.79. The highest BCUT2D eigenvalue weighted by atomic mass is 16.7. The number of carbonyl (C=O) groups excluding carboxylic acids is 2. The highest BCUT2D eigenvalue weighted by molar-refractivity contribution is 5.79. The molecule has 0 aromatic rings. The van der Waals surface area contributed by atoms with E-state index in [0.717, 1.165) is 89.2 Å². The molecule has 84 heavy (non-hydrogen) atoms. The molecule has 17 unspecified atom stereocenters. The largest absolute Gasteiger partial charge is 0.466 e. The summed E-state index contributed by atoms with van der Waals surface area (Å²) in [4.78, 5) is 25.3. The summed E-state index contributed by atoms with van der Waals surface area (Å²) in [5.74, 6) is -3.47. The van der Waals surface area contributed by atoms with Gasteiger partial charge >= 0.3 is 11.9 Å². The molecule has 6 fully saturated rings. The zero-order chi connectivity index (χ0) is 60.2. The molecular weight excluding hydrogens is 1070 g/mol. The van der Waals surface area contributed by atoms with Crippen LogP contribution in [0.4, 0.5) is 0 Å². The second-order valence-corrected chi connectivity index (χ2v) is 26.8. The van der Waals surface area contributed by atoms with E-state index in [1.54, 1.807) is 12.2 Å². The standard InChI is InChI=1S/C69H112O15/c1-8-9-10-11-12-13-14-15-16-17-19-22-25-30-60(72)76-42-27-23-20-18-21-24-28-43-77-65(74)66(7,75)48-55-33-34-59(71)69(81-55)47-49(2)45-58(82-69)50(3)31-32-54-36-40-68(80-54)41-37-57-64(84-68)61(73)53(6)63(79-57)56(70)46-52(5)62-51(4)35-39-67(83-62)38-26-29-44-78-67/h21,24,28,31-32,43,47,50-52,54-59,61-64,70-71,73,75H,6,8-20,22-23,25-27,29-30,33-42,44-46,48H2,1-5,7H3. The van der Waals surface area contributed by atoms with Crippen LogP contribution in [0.25, 0.3) is 0 Å². The molecule has 3 spiro atoms. The number of unbranched alkanes of at least 4 members (excludes halogenated alkanes) is 15. The Morgan fingerprint density at radius 1 is 0.821 bits per heavy atom. The highest BCUT2D eigenvalue weighted by Crippen LogP contribution is 2.48. The van der Waals surface area contributed by atoms with E-state index in [1.165, 1.54) is 83.8 Å². The first-order valence-corrected chi connectivity index (χ1v) is 33.5. The molecule has 7 heterocycles. The summed E-state index contributed by atoms with van der Waals surface area (Å²) >= 11 is 0. The summed E-state index contributed by atoms with van der Waals surface area (Å²) in [6.07, 6.45) is 36.8. The van der Waals surface area contributed by atoms with Gasteiger partial charge in [0.05, 0.1) is 56.1 Å². The Bertz CT molecular complexity index is 2130.